The number of nitrogens with two attached hydrogens (primary N) is 1. The van der Waals surface area contributed by atoms with Gasteiger partial charge in [0.25, 0.3) is 0 Å². The molecule has 0 spiro atoms. The van der Waals surface area contributed by atoms with Gasteiger partial charge in [-0.25, -0.2) is 0 Å². The molecule has 1 aliphatic heterocycles. The molecule has 0 amide bonds. The topological polar surface area (TPSA) is 53.5 Å². The average Bonchev–Trinajstić information content (AvgIpc) is 2.66. The largest absolute Gasteiger partial charge is 1.00 e. The SMILES string of the molecule is COc1ccc(C[C@H]2[NH2+]CCc3cc(OC)c(OC)cc32)cc1OC.[Cl-]. The number of hydrogen-bond acceptors (Lipinski definition) is 4. The summed E-state index contributed by atoms with van der Waals surface area (Å²) in [5.41, 5.74) is 3.88. The summed E-state index contributed by atoms with van der Waals surface area (Å²) < 4.78 is 21.7. The fraction of sp³-hybridized carbons (Fsp3) is 0.400. The highest BCUT2D eigenvalue weighted by molar-refractivity contribution is 5.49. The van der Waals surface area contributed by atoms with E-state index in [0.717, 1.165) is 42.4 Å². The van der Waals surface area contributed by atoms with Crippen molar-refractivity contribution >= 4 is 0 Å². The van der Waals surface area contributed by atoms with Gasteiger partial charge in [0.05, 0.1) is 35.0 Å². The smallest absolute Gasteiger partial charge is 0.161 e. The predicted molar refractivity (Wildman–Crippen MR) is 96.0 cm³/mol. The molecule has 0 unspecified atom stereocenters. The lowest BCUT2D eigenvalue weighted by Gasteiger charge is -2.25. The molecule has 0 radical (unpaired) electrons. The van der Waals surface area contributed by atoms with E-state index in [1.807, 2.05) is 6.07 Å². The Morgan fingerprint density at radius 3 is 2.12 bits per heavy atom. The van der Waals surface area contributed by atoms with E-state index in [0.29, 0.717) is 6.04 Å². The van der Waals surface area contributed by atoms with Crippen molar-refractivity contribution in [1.82, 2.24) is 0 Å². The van der Waals surface area contributed by atoms with Crippen LogP contribution < -0.4 is 36.7 Å². The van der Waals surface area contributed by atoms with Crippen molar-refractivity contribution in [2.24, 2.45) is 0 Å². The van der Waals surface area contributed by atoms with Gasteiger partial charge in [-0.3, -0.25) is 0 Å². The molecule has 1 heterocycles. The maximum atomic E-state index is 5.49. The number of rotatable bonds is 6. The Balaban J connectivity index is 0.00000243. The zero-order valence-electron chi connectivity index (χ0n) is 15.7. The first-order valence-corrected chi connectivity index (χ1v) is 8.49. The van der Waals surface area contributed by atoms with Crippen LogP contribution in [0.3, 0.4) is 0 Å². The number of fused-ring (bicyclic) bond motifs is 1. The second-order valence-corrected chi connectivity index (χ2v) is 6.18. The van der Waals surface area contributed by atoms with E-state index >= 15 is 0 Å². The van der Waals surface area contributed by atoms with Crippen LogP contribution in [0.5, 0.6) is 23.0 Å². The van der Waals surface area contributed by atoms with Crippen LogP contribution in [-0.2, 0) is 12.8 Å². The van der Waals surface area contributed by atoms with Gasteiger partial charge in [0.15, 0.2) is 23.0 Å². The first kappa shape index (κ1) is 20.2. The van der Waals surface area contributed by atoms with Gasteiger partial charge in [-0.05, 0) is 35.4 Å². The molecule has 1 aliphatic rings. The number of halogens is 1. The molecule has 2 N–H and O–H groups in total. The van der Waals surface area contributed by atoms with E-state index in [1.165, 1.54) is 16.7 Å². The predicted octanol–water partition coefficient (Wildman–Crippen LogP) is -0.872. The average molecular weight is 380 g/mol. The third-order valence-electron chi connectivity index (χ3n) is 4.81. The minimum Gasteiger partial charge on any atom is -1.00 e. The van der Waals surface area contributed by atoms with E-state index in [9.17, 15) is 0 Å². The quantitative estimate of drug-likeness (QED) is 0.709. The Morgan fingerprint density at radius 1 is 0.846 bits per heavy atom. The van der Waals surface area contributed by atoms with Crippen molar-refractivity contribution in [3.05, 3.63) is 47.0 Å². The fourth-order valence-corrected chi connectivity index (χ4v) is 3.52. The standard InChI is InChI=1S/C20H25NO4.ClH/c1-22-17-6-5-13(10-18(17)23-2)9-16-15-12-20(25-4)19(24-3)11-14(15)7-8-21-16;/h5-6,10-12,16,21H,7-9H2,1-4H3;1H/t16-;/m1./s1. The van der Waals surface area contributed by atoms with E-state index in [4.69, 9.17) is 18.9 Å². The third kappa shape index (κ3) is 4.00. The minimum absolute atomic E-state index is 0. The summed E-state index contributed by atoms with van der Waals surface area (Å²) in [7, 11) is 6.68. The van der Waals surface area contributed by atoms with Crippen LogP contribution in [0.1, 0.15) is 22.7 Å². The Morgan fingerprint density at radius 2 is 1.46 bits per heavy atom. The second kappa shape index (κ2) is 9.01. The molecule has 6 heteroatoms. The van der Waals surface area contributed by atoms with Gasteiger partial charge in [-0.2, -0.15) is 0 Å². The van der Waals surface area contributed by atoms with Gasteiger partial charge < -0.3 is 36.7 Å². The van der Waals surface area contributed by atoms with Gasteiger partial charge >= 0.3 is 0 Å². The van der Waals surface area contributed by atoms with Gasteiger partial charge in [-0.15, -0.1) is 0 Å². The van der Waals surface area contributed by atoms with Gasteiger partial charge in [-0.1, -0.05) is 6.07 Å². The highest BCUT2D eigenvalue weighted by atomic mass is 35.5. The number of methoxy groups -OCH3 is 4. The van der Waals surface area contributed by atoms with Crippen LogP contribution in [0.25, 0.3) is 0 Å². The number of quaternary nitrogens is 1. The van der Waals surface area contributed by atoms with Crippen molar-refractivity contribution < 1.29 is 36.7 Å². The van der Waals surface area contributed by atoms with Crippen LogP contribution >= 0.6 is 0 Å². The summed E-state index contributed by atoms with van der Waals surface area (Å²) in [5, 5.41) is 2.39. The van der Waals surface area contributed by atoms with Crippen LogP contribution in [0.15, 0.2) is 30.3 Å². The molecule has 0 bridgehead atoms. The van der Waals surface area contributed by atoms with Crippen LogP contribution in [0, 0.1) is 0 Å². The second-order valence-electron chi connectivity index (χ2n) is 6.18. The maximum Gasteiger partial charge on any atom is 0.161 e. The number of hydrogen-bond donors (Lipinski definition) is 1. The Labute approximate surface area is 161 Å². The Bertz CT molecular complexity index is 751. The molecule has 2 aromatic carbocycles. The molecular formula is C20H26ClNO4. The van der Waals surface area contributed by atoms with Gasteiger partial charge in [0, 0.05) is 18.4 Å². The molecule has 1 atom stereocenters. The van der Waals surface area contributed by atoms with Crippen molar-refractivity contribution in [3.8, 4) is 23.0 Å². The highest BCUT2D eigenvalue weighted by Crippen LogP contribution is 2.35. The summed E-state index contributed by atoms with van der Waals surface area (Å²) in [6, 6.07) is 10.7. The molecule has 5 nitrogen and oxygen atoms in total. The normalized spacial score (nSPS) is 15.5. The molecule has 0 fully saturated rings. The Hall–Kier alpha value is -2.11. The zero-order chi connectivity index (χ0) is 17.8. The van der Waals surface area contributed by atoms with Crippen molar-refractivity contribution in [2.45, 2.75) is 18.9 Å². The molecule has 3 rings (SSSR count). The van der Waals surface area contributed by atoms with E-state index in [1.54, 1.807) is 28.4 Å². The lowest BCUT2D eigenvalue weighted by molar-refractivity contribution is -0.698. The van der Waals surface area contributed by atoms with Gasteiger partial charge in [0.2, 0.25) is 0 Å². The zero-order valence-corrected chi connectivity index (χ0v) is 16.4. The molecule has 0 aromatic heterocycles. The minimum atomic E-state index is 0. The lowest BCUT2D eigenvalue weighted by Crippen LogP contribution is -3.00. The maximum absolute atomic E-state index is 5.49. The molecule has 0 saturated heterocycles. The highest BCUT2D eigenvalue weighted by Gasteiger charge is 2.26. The monoisotopic (exact) mass is 379 g/mol. The Kier molecular flexibility index (Phi) is 7.00. The van der Waals surface area contributed by atoms with Crippen molar-refractivity contribution in [3.63, 3.8) is 0 Å². The van der Waals surface area contributed by atoms with Crippen molar-refractivity contribution in [1.29, 1.82) is 0 Å². The molecule has 0 saturated carbocycles. The summed E-state index contributed by atoms with van der Waals surface area (Å²) >= 11 is 0. The fourth-order valence-electron chi connectivity index (χ4n) is 3.52. The number of ether oxygens (including phenoxy) is 4. The molecular weight excluding hydrogens is 354 g/mol. The molecule has 26 heavy (non-hydrogen) atoms. The van der Waals surface area contributed by atoms with Crippen LogP contribution in [0.2, 0.25) is 0 Å². The van der Waals surface area contributed by atoms with E-state index in [2.05, 4.69) is 29.6 Å². The van der Waals surface area contributed by atoms with Crippen LogP contribution in [-0.4, -0.2) is 35.0 Å². The summed E-state index contributed by atoms with van der Waals surface area (Å²) in [4.78, 5) is 0. The summed E-state index contributed by atoms with van der Waals surface area (Å²) in [6.45, 7) is 1.07. The first-order chi connectivity index (χ1) is 12.2. The van der Waals surface area contributed by atoms with E-state index < -0.39 is 0 Å². The number of benzene rings is 2. The first-order valence-electron chi connectivity index (χ1n) is 8.49. The van der Waals surface area contributed by atoms with Gasteiger partial charge in [0.1, 0.15) is 6.04 Å². The molecule has 0 aliphatic carbocycles. The van der Waals surface area contributed by atoms with E-state index in [-0.39, 0.29) is 12.4 Å². The molecule has 2 aromatic rings. The lowest BCUT2D eigenvalue weighted by atomic mass is 9.89. The van der Waals surface area contributed by atoms with Crippen molar-refractivity contribution in [2.75, 3.05) is 35.0 Å². The summed E-state index contributed by atoms with van der Waals surface area (Å²) in [6.07, 6.45) is 1.96. The molecule has 142 valence electrons. The third-order valence-corrected chi connectivity index (χ3v) is 4.81. The van der Waals surface area contributed by atoms with Crippen LogP contribution in [0.4, 0.5) is 0 Å². The summed E-state index contributed by atoms with van der Waals surface area (Å²) in [5.74, 6) is 3.11.